The maximum Gasteiger partial charge on any atom is 0.416 e. The van der Waals surface area contributed by atoms with E-state index in [0.29, 0.717) is 51.0 Å². The van der Waals surface area contributed by atoms with E-state index in [4.69, 9.17) is 4.74 Å². The summed E-state index contributed by atoms with van der Waals surface area (Å²) in [5.74, 6) is 0.335. The molecule has 1 N–H and O–H groups in total. The highest BCUT2D eigenvalue weighted by atomic mass is 19.4. The molecule has 4 rings (SSSR count). The van der Waals surface area contributed by atoms with Crippen molar-refractivity contribution in [3.63, 3.8) is 0 Å². The Bertz CT molecular complexity index is 1210. The van der Waals surface area contributed by atoms with Crippen LogP contribution in [0.25, 0.3) is 0 Å². The van der Waals surface area contributed by atoms with E-state index in [2.05, 4.69) is 15.3 Å². The van der Waals surface area contributed by atoms with Gasteiger partial charge in [0.2, 0.25) is 5.95 Å². The van der Waals surface area contributed by atoms with Crippen molar-refractivity contribution in [1.82, 2.24) is 14.9 Å². The van der Waals surface area contributed by atoms with Crippen LogP contribution in [-0.2, 0) is 17.5 Å². The van der Waals surface area contributed by atoms with E-state index in [0.717, 1.165) is 17.7 Å². The largest absolute Gasteiger partial charge is 0.416 e. The molecule has 7 nitrogen and oxygen atoms in total. The Balaban J connectivity index is 1.68. The van der Waals surface area contributed by atoms with Crippen LogP contribution >= 0.6 is 0 Å². The predicted octanol–water partition coefficient (Wildman–Crippen LogP) is 5.29. The fourth-order valence-electron chi connectivity index (χ4n) is 3.85. The predicted molar refractivity (Wildman–Crippen MR) is 136 cm³/mol. The molecular weight excluding hydrogens is 483 g/mol. The first-order valence-corrected chi connectivity index (χ1v) is 11.9. The topological polar surface area (TPSA) is 70.6 Å². The second kappa shape index (κ2) is 11.9. The highest BCUT2D eigenvalue weighted by Crippen LogP contribution is 2.31. The lowest BCUT2D eigenvalue weighted by Gasteiger charge is -2.28. The Hall–Kier alpha value is -3.92. The molecule has 10 heteroatoms. The first-order chi connectivity index (χ1) is 17.8. The van der Waals surface area contributed by atoms with Gasteiger partial charge >= 0.3 is 6.18 Å². The third-order valence-electron chi connectivity index (χ3n) is 5.84. The summed E-state index contributed by atoms with van der Waals surface area (Å²) in [6.07, 6.45) is 0.778. The standard InChI is InChI=1S/C27H28F3N5O2/c1-2-3-13-35(19-20-7-5-4-6-8-20)25(36)23-18-31-26(34-14-16-37-17-15-34)33-24(23)32-22-11-9-21(10-12-22)27(28,29)30/h2-12,18H,13-17,19H2,1H3,(H,31,32,33)/b3-2+. The van der Waals surface area contributed by atoms with Crippen LogP contribution < -0.4 is 10.2 Å². The number of rotatable bonds is 8. The second-order valence-corrected chi connectivity index (χ2v) is 8.47. The second-order valence-electron chi connectivity index (χ2n) is 8.47. The molecule has 1 aliphatic rings. The number of halogens is 3. The summed E-state index contributed by atoms with van der Waals surface area (Å²) in [5.41, 5.74) is 0.795. The summed E-state index contributed by atoms with van der Waals surface area (Å²) < 4.78 is 44.5. The Morgan fingerprint density at radius 1 is 1.11 bits per heavy atom. The van der Waals surface area contributed by atoms with Gasteiger partial charge in [-0.15, -0.1) is 0 Å². The van der Waals surface area contributed by atoms with Gasteiger partial charge in [0.1, 0.15) is 11.4 Å². The maximum atomic E-state index is 13.7. The van der Waals surface area contributed by atoms with Crippen molar-refractivity contribution in [3.8, 4) is 0 Å². The van der Waals surface area contributed by atoms with Gasteiger partial charge in [-0.05, 0) is 36.8 Å². The molecule has 0 aliphatic carbocycles. The van der Waals surface area contributed by atoms with Crippen molar-refractivity contribution < 1.29 is 22.7 Å². The van der Waals surface area contributed by atoms with Crippen molar-refractivity contribution in [2.45, 2.75) is 19.6 Å². The number of nitrogens with one attached hydrogen (secondary N) is 1. The van der Waals surface area contributed by atoms with Crippen LogP contribution in [0.5, 0.6) is 0 Å². The van der Waals surface area contributed by atoms with Crippen LogP contribution in [0.4, 0.5) is 30.6 Å². The Morgan fingerprint density at radius 3 is 2.46 bits per heavy atom. The first kappa shape index (κ1) is 26.2. The van der Waals surface area contributed by atoms with E-state index in [9.17, 15) is 18.0 Å². The van der Waals surface area contributed by atoms with Crippen LogP contribution in [0.3, 0.4) is 0 Å². The Morgan fingerprint density at radius 2 is 1.81 bits per heavy atom. The monoisotopic (exact) mass is 511 g/mol. The zero-order valence-electron chi connectivity index (χ0n) is 20.4. The van der Waals surface area contributed by atoms with E-state index in [1.165, 1.54) is 18.3 Å². The summed E-state index contributed by atoms with van der Waals surface area (Å²) >= 11 is 0. The number of allylic oxidation sites excluding steroid dienone is 1. The number of carbonyl (C=O) groups excluding carboxylic acids is 1. The molecular formula is C27H28F3N5O2. The van der Waals surface area contributed by atoms with Gasteiger partial charge in [-0.3, -0.25) is 4.79 Å². The van der Waals surface area contributed by atoms with Gasteiger partial charge < -0.3 is 19.9 Å². The Labute approximate surface area is 213 Å². The molecule has 1 aromatic heterocycles. The number of carbonyl (C=O) groups is 1. The number of ether oxygens (including phenoxy) is 1. The molecule has 1 fully saturated rings. The highest BCUT2D eigenvalue weighted by Gasteiger charge is 2.30. The minimum Gasteiger partial charge on any atom is -0.378 e. The molecule has 194 valence electrons. The fourth-order valence-corrected chi connectivity index (χ4v) is 3.85. The molecule has 3 aromatic rings. The number of hydrogen-bond donors (Lipinski definition) is 1. The SMILES string of the molecule is C/C=C/CN(Cc1ccccc1)C(=O)c1cnc(N2CCOCC2)nc1Nc1ccc(C(F)(F)F)cc1. The van der Waals surface area contributed by atoms with Gasteiger partial charge in [-0.25, -0.2) is 4.98 Å². The number of amides is 1. The lowest BCUT2D eigenvalue weighted by atomic mass is 10.1. The van der Waals surface area contributed by atoms with Gasteiger partial charge in [0.25, 0.3) is 5.91 Å². The van der Waals surface area contributed by atoms with Gasteiger partial charge in [-0.2, -0.15) is 18.2 Å². The van der Waals surface area contributed by atoms with E-state index >= 15 is 0 Å². The van der Waals surface area contributed by atoms with E-state index < -0.39 is 11.7 Å². The average molecular weight is 512 g/mol. The zero-order valence-corrected chi connectivity index (χ0v) is 20.4. The summed E-state index contributed by atoms with van der Waals surface area (Å²) in [6.45, 7) is 4.86. The molecule has 1 aliphatic heterocycles. The van der Waals surface area contributed by atoms with Crippen LogP contribution in [0.15, 0.2) is 72.9 Å². The minimum absolute atomic E-state index is 0.220. The molecule has 0 atom stereocenters. The van der Waals surface area contributed by atoms with Crippen molar-refractivity contribution in [2.75, 3.05) is 43.1 Å². The molecule has 0 unspecified atom stereocenters. The van der Waals surface area contributed by atoms with Gasteiger partial charge in [-0.1, -0.05) is 42.5 Å². The average Bonchev–Trinajstić information content (AvgIpc) is 2.91. The van der Waals surface area contributed by atoms with Crippen LogP contribution in [0, 0.1) is 0 Å². The lowest BCUT2D eigenvalue weighted by molar-refractivity contribution is -0.137. The van der Waals surface area contributed by atoms with Gasteiger partial charge in [0.05, 0.1) is 18.8 Å². The number of nitrogens with zero attached hydrogens (tertiary/aromatic N) is 4. The van der Waals surface area contributed by atoms with Gasteiger partial charge in [0.15, 0.2) is 0 Å². The number of aromatic nitrogens is 2. The van der Waals surface area contributed by atoms with E-state index in [1.807, 2.05) is 54.3 Å². The minimum atomic E-state index is -4.44. The molecule has 2 heterocycles. The highest BCUT2D eigenvalue weighted by molar-refractivity contribution is 5.99. The van der Waals surface area contributed by atoms with Crippen LogP contribution in [0.1, 0.15) is 28.4 Å². The molecule has 2 aromatic carbocycles. The summed E-state index contributed by atoms with van der Waals surface area (Å²) in [7, 11) is 0. The van der Waals surface area contributed by atoms with E-state index in [-0.39, 0.29) is 17.3 Å². The van der Waals surface area contributed by atoms with Gasteiger partial charge in [0, 0.05) is 38.1 Å². The molecule has 0 bridgehead atoms. The normalized spacial score (nSPS) is 14.1. The zero-order chi connectivity index (χ0) is 26.3. The lowest BCUT2D eigenvalue weighted by Crippen LogP contribution is -2.37. The van der Waals surface area contributed by atoms with Crippen LogP contribution in [0.2, 0.25) is 0 Å². The number of morpholine rings is 1. The summed E-state index contributed by atoms with van der Waals surface area (Å²) in [5, 5.41) is 3.04. The molecule has 1 saturated heterocycles. The van der Waals surface area contributed by atoms with Crippen molar-refractivity contribution in [3.05, 3.63) is 89.6 Å². The van der Waals surface area contributed by atoms with Crippen molar-refractivity contribution in [2.24, 2.45) is 0 Å². The fraction of sp³-hybridized carbons (Fsp3) is 0.296. The summed E-state index contributed by atoms with van der Waals surface area (Å²) in [4.78, 5) is 26.4. The number of alkyl halides is 3. The molecule has 0 radical (unpaired) electrons. The van der Waals surface area contributed by atoms with Crippen LogP contribution in [-0.4, -0.2) is 53.6 Å². The number of benzene rings is 2. The smallest absolute Gasteiger partial charge is 0.378 e. The Kier molecular flexibility index (Phi) is 8.39. The number of hydrogen-bond acceptors (Lipinski definition) is 6. The maximum absolute atomic E-state index is 13.7. The van der Waals surface area contributed by atoms with Crippen molar-refractivity contribution in [1.29, 1.82) is 0 Å². The van der Waals surface area contributed by atoms with E-state index in [1.54, 1.807) is 4.90 Å². The summed E-state index contributed by atoms with van der Waals surface area (Å²) in [6, 6.07) is 14.2. The number of anilines is 3. The third kappa shape index (κ3) is 6.85. The van der Waals surface area contributed by atoms with Crippen molar-refractivity contribution >= 4 is 23.4 Å². The molecule has 0 spiro atoms. The third-order valence-corrected chi connectivity index (χ3v) is 5.84. The molecule has 1 amide bonds. The first-order valence-electron chi connectivity index (χ1n) is 11.9. The molecule has 37 heavy (non-hydrogen) atoms. The molecule has 0 saturated carbocycles. The quantitative estimate of drug-likeness (QED) is 0.414.